The molecule has 1 N–H and O–H groups in total. The Kier molecular flexibility index (Phi) is 3.97. The molecular weight excluding hydrogens is 271 g/mol. The Morgan fingerprint density at radius 3 is 2.74 bits per heavy atom. The van der Waals surface area contributed by atoms with Gasteiger partial charge < -0.3 is 10.1 Å². The summed E-state index contributed by atoms with van der Waals surface area (Å²) in [6, 6.07) is 7.10. The average molecular weight is 281 g/mol. The SMILES string of the molecule is COc1ccc(C(=O)Nc2ccc(F)c(Cl)c2)cn1. The topological polar surface area (TPSA) is 51.2 Å². The van der Waals surface area contributed by atoms with Crippen LogP contribution in [0.25, 0.3) is 0 Å². The maximum absolute atomic E-state index is 13.0. The lowest BCUT2D eigenvalue weighted by Gasteiger charge is -2.06. The van der Waals surface area contributed by atoms with Gasteiger partial charge in [-0.05, 0) is 24.3 Å². The molecule has 2 aromatic rings. The van der Waals surface area contributed by atoms with Crippen molar-refractivity contribution >= 4 is 23.2 Å². The molecule has 1 heterocycles. The molecule has 1 aromatic heterocycles. The van der Waals surface area contributed by atoms with E-state index in [4.69, 9.17) is 16.3 Å². The van der Waals surface area contributed by atoms with Crippen molar-refractivity contribution in [2.45, 2.75) is 0 Å². The number of benzene rings is 1. The highest BCUT2D eigenvalue weighted by atomic mass is 35.5. The van der Waals surface area contributed by atoms with Crippen LogP contribution in [0.3, 0.4) is 0 Å². The normalized spacial score (nSPS) is 10.1. The number of anilines is 1. The summed E-state index contributed by atoms with van der Waals surface area (Å²) in [4.78, 5) is 15.8. The summed E-state index contributed by atoms with van der Waals surface area (Å²) >= 11 is 5.63. The van der Waals surface area contributed by atoms with Crippen molar-refractivity contribution in [2.75, 3.05) is 12.4 Å². The van der Waals surface area contributed by atoms with Gasteiger partial charge in [-0.2, -0.15) is 0 Å². The molecule has 0 bridgehead atoms. The lowest BCUT2D eigenvalue weighted by molar-refractivity contribution is 0.102. The Labute approximate surface area is 114 Å². The first-order valence-electron chi connectivity index (χ1n) is 5.36. The summed E-state index contributed by atoms with van der Waals surface area (Å²) in [7, 11) is 1.49. The van der Waals surface area contributed by atoms with E-state index in [0.717, 1.165) is 0 Å². The van der Waals surface area contributed by atoms with E-state index in [9.17, 15) is 9.18 Å². The van der Waals surface area contributed by atoms with Crippen molar-refractivity contribution in [3.63, 3.8) is 0 Å². The molecule has 98 valence electrons. The van der Waals surface area contributed by atoms with Crippen LogP contribution in [0.1, 0.15) is 10.4 Å². The molecule has 0 fully saturated rings. The number of nitrogens with zero attached hydrogens (tertiary/aromatic N) is 1. The molecule has 0 aliphatic heterocycles. The first kappa shape index (κ1) is 13.3. The molecule has 6 heteroatoms. The molecule has 4 nitrogen and oxygen atoms in total. The third-order valence-corrected chi connectivity index (χ3v) is 2.67. The molecule has 0 spiro atoms. The van der Waals surface area contributed by atoms with Gasteiger partial charge in [0, 0.05) is 18.0 Å². The van der Waals surface area contributed by atoms with Gasteiger partial charge in [0.05, 0.1) is 17.7 Å². The van der Waals surface area contributed by atoms with Crippen molar-refractivity contribution in [2.24, 2.45) is 0 Å². The first-order valence-corrected chi connectivity index (χ1v) is 5.74. The monoisotopic (exact) mass is 280 g/mol. The summed E-state index contributed by atoms with van der Waals surface area (Å²) < 4.78 is 17.9. The number of rotatable bonds is 3. The Balaban J connectivity index is 2.13. The van der Waals surface area contributed by atoms with Gasteiger partial charge in [-0.15, -0.1) is 0 Å². The smallest absolute Gasteiger partial charge is 0.257 e. The zero-order valence-corrected chi connectivity index (χ0v) is 10.7. The Bertz CT molecular complexity index is 602. The molecular formula is C13H10ClFN2O2. The van der Waals surface area contributed by atoms with E-state index in [2.05, 4.69) is 10.3 Å². The van der Waals surface area contributed by atoms with Crippen LogP contribution < -0.4 is 10.1 Å². The van der Waals surface area contributed by atoms with Crippen LogP contribution in [-0.4, -0.2) is 18.0 Å². The van der Waals surface area contributed by atoms with Gasteiger partial charge in [0.2, 0.25) is 5.88 Å². The lowest BCUT2D eigenvalue weighted by atomic mass is 10.2. The van der Waals surface area contributed by atoms with Gasteiger partial charge in [0.25, 0.3) is 5.91 Å². The molecule has 19 heavy (non-hydrogen) atoms. The third-order valence-electron chi connectivity index (χ3n) is 2.39. The fourth-order valence-corrected chi connectivity index (χ4v) is 1.59. The molecule has 2 rings (SSSR count). The van der Waals surface area contributed by atoms with Gasteiger partial charge in [0.15, 0.2) is 0 Å². The Morgan fingerprint density at radius 2 is 2.16 bits per heavy atom. The predicted octanol–water partition coefficient (Wildman–Crippen LogP) is 3.14. The van der Waals surface area contributed by atoms with Crippen LogP contribution in [-0.2, 0) is 0 Å². The predicted molar refractivity (Wildman–Crippen MR) is 70.2 cm³/mol. The number of aromatic nitrogens is 1. The second-order valence-corrected chi connectivity index (χ2v) is 4.08. The van der Waals surface area contributed by atoms with Crippen LogP contribution in [0.2, 0.25) is 5.02 Å². The fourth-order valence-electron chi connectivity index (χ4n) is 1.41. The van der Waals surface area contributed by atoms with Crippen molar-refractivity contribution in [1.82, 2.24) is 4.98 Å². The quantitative estimate of drug-likeness (QED) is 0.940. The fraction of sp³-hybridized carbons (Fsp3) is 0.0769. The van der Waals surface area contributed by atoms with Crippen LogP contribution in [0.4, 0.5) is 10.1 Å². The summed E-state index contributed by atoms with van der Waals surface area (Å²) in [5, 5.41) is 2.54. The standard InChI is InChI=1S/C13H10ClFN2O2/c1-19-12-5-2-8(7-16-12)13(18)17-9-3-4-11(15)10(14)6-9/h2-7H,1H3,(H,17,18). The lowest BCUT2D eigenvalue weighted by Crippen LogP contribution is -2.12. The van der Waals surface area contributed by atoms with E-state index < -0.39 is 5.82 Å². The number of hydrogen-bond donors (Lipinski definition) is 1. The van der Waals surface area contributed by atoms with E-state index in [1.807, 2.05) is 0 Å². The van der Waals surface area contributed by atoms with E-state index in [1.165, 1.54) is 31.5 Å². The number of pyridine rings is 1. The highest BCUT2D eigenvalue weighted by Crippen LogP contribution is 2.20. The first-order chi connectivity index (χ1) is 9.10. The average Bonchev–Trinajstić information content (AvgIpc) is 2.43. The largest absolute Gasteiger partial charge is 0.481 e. The van der Waals surface area contributed by atoms with Crippen molar-refractivity contribution in [3.05, 3.63) is 52.9 Å². The number of carbonyl (C=O) groups excluding carboxylic acids is 1. The van der Waals surface area contributed by atoms with E-state index in [-0.39, 0.29) is 10.9 Å². The summed E-state index contributed by atoms with van der Waals surface area (Å²) in [6.07, 6.45) is 1.39. The van der Waals surface area contributed by atoms with Crippen LogP contribution in [0.15, 0.2) is 36.5 Å². The molecule has 0 unspecified atom stereocenters. The second-order valence-electron chi connectivity index (χ2n) is 3.67. The maximum atomic E-state index is 13.0. The molecule has 0 radical (unpaired) electrons. The summed E-state index contributed by atoms with van der Waals surface area (Å²) in [5.74, 6) is -0.481. The van der Waals surface area contributed by atoms with Crippen molar-refractivity contribution in [1.29, 1.82) is 0 Å². The number of methoxy groups -OCH3 is 1. The number of halogens is 2. The zero-order chi connectivity index (χ0) is 13.8. The van der Waals surface area contributed by atoms with Gasteiger partial charge >= 0.3 is 0 Å². The number of hydrogen-bond acceptors (Lipinski definition) is 3. The third kappa shape index (κ3) is 3.20. The summed E-state index contributed by atoms with van der Waals surface area (Å²) in [6.45, 7) is 0. The van der Waals surface area contributed by atoms with E-state index in [0.29, 0.717) is 17.1 Å². The Hall–Kier alpha value is -2.14. The molecule has 0 saturated heterocycles. The maximum Gasteiger partial charge on any atom is 0.257 e. The molecule has 1 amide bonds. The molecule has 0 atom stereocenters. The van der Waals surface area contributed by atoms with E-state index in [1.54, 1.807) is 12.1 Å². The Morgan fingerprint density at radius 1 is 1.37 bits per heavy atom. The molecule has 0 aliphatic carbocycles. The van der Waals surface area contributed by atoms with Gasteiger partial charge in [-0.3, -0.25) is 4.79 Å². The van der Waals surface area contributed by atoms with Crippen molar-refractivity contribution in [3.8, 4) is 5.88 Å². The molecule has 0 saturated carbocycles. The summed E-state index contributed by atoms with van der Waals surface area (Å²) in [5.41, 5.74) is 0.772. The van der Waals surface area contributed by atoms with E-state index >= 15 is 0 Å². The van der Waals surface area contributed by atoms with Crippen LogP contribution >= 0.6 is 11.6 Å². The second kappa shape index (κ2) is 5.67. The minimum Gasteiger partial charge on any atom is -0.481 e. The number of carbonyl (C=O) groups is 1. The number of nitrogens with one attached hydrogen (secondary N) is 1. The molecule has 1 aromatic carbocycles. The van der Waals surface area contributed by atoms with Crippen LogP contribution in [0.5, 0.6) is 5.88 Å². The van der Waals surface area contributed by atoms with Gasteiger partial charge in [-0.1, -0.05) is 11.6 Å². The van der Waals surface area contributed by atoms with Gasteiger partial charge in [-0.25, -0.2) is 9.37 Å². The minimum atomic E-state index is -0.536. The number of ether oxygens (including phenoxy) is 1. The highest BCUT2D eigenvalue weighted by Gasteiger charge is 2.08. The van der Waals surface area contributed by atoms with Gasteiger partial charge in [0.1, 0.15) is 5.82 Å². The highest BCUT2D eigenvalue weighted by molar-refractivity contribution is 6.31. The molecule has 0 aliphatic rings. The van der Waals surface area contributed by atoms with Crippen molar-refractivity contribution < 1.29 is 13.9 Å². The minimum absolute atomic E-state index is 0.0503. The van der Waals surface area contributed by atoms with Crippen LogP contribution in [0, 0.1) is 5.82 Å². The zero-order valence-electron chi connectivity index (χ0n) is 9.98. The number of amides is 1.